The van der Waals surface area contributed by atoms with Crippen molar-refractivity contribution < 1.29 is 9.66 Å². The molecule has 0 unspecified atom stereocenters. The quantitative estimate of drug-likeness (QED) is 0.673. The minimum Gasteiger partial charge on any atom is -0.490 e. The standard InChI is InChI=1S/C15H13N3O3/c1-21-15-7-6-11(8-14(15)18(19)20)10-17-13-5-3-2-4-12(13)9-16/h2-8,17H,10H2,1H3. The number of nitrogens with zero attached hydrogens (tertiary/aromatic N) is 2. The largest absolute Gasteiger partial charge is 0.490 e. The van der Waals surface area contributed by atoms with Crippen LogP contribution in [0.3, 0.4) is 0 Å². The molecule has 1 N–H and O–H groups in total. The van der Waals surface area contributed by atoms with Gasteiger partial charge in [0.05, 0.1) is 23.3 Å². The van der Waals surface area contributed by atoms with Gasteiger partial charge in [0, 0.05) is 12.6 Å². The first kappa shape index (κ1) is 14.3. The maximum Gasteiger partial charge on any atom is 0.311 e. The van der Waals surface area contributed by atoms with Crippen LogP contribution in [0, 0.1) is 21.4 Å². The number of nitriles is 1. The highest BCUT2D eigenvalue weighted by Gasteiger charge is 2.15. The van der Waals surface area contributed by atoms with Crippen molar-refractivity contribution in [3.05, 3.63) is 63.7 Å². The van der Waals surface area contributed by atoms with E-state index in [1.54, 1.807) is 30.3 Å². The molecule has 2 aromatic rings. The predicted octanol–water partition coefficient (Wildman–Crippen LogP) is 3.09. The third kappa shape index (κ3) is 3.28. The summed E-state index contributed by atoms with van der Waals surface area (Å²) in [4.78, 5) is 10.5. The maximum atomic E-state index is 11.0. The summed E-state index contributed by atoms with van der Waals surface area (Å²) in [7, 11) is 1.39. The molecule has 0 saturated carbocycles. The lowest BCUT2D eigenvalue weighted by Crippen LogP contribution is -2.02. The molecule has 106 valence electrons. The minimum atomic E-state index is -0.481. The topological polar surface area (TPSA) is 88.2 Å². The van der Waals surface area contributed by atoms with Crippen molar-refractivity contribution >= 4 is 11.4 Å². The van der Waals surface area contributed by atoms with Gasteiger partial charge in [-0.1, -0.05) is 18.2 Å². The van der Waals surface area contributed by atoms with Crippen LogP contribution in [0.15, 0.2) is 42.5 Å². The zero-order valence-electron chi connectivity index (χ0n) is 11.4. The molecule has 0 heterocycles. The van der Waals surface area contributed by atoms with E-state index in [1.165, 1.54) is 13.2 Å². The normalized spacial score (nSPS) is 9.71. The summed E-state index contributed by atoms with van der Waals surface area (Å²) in [6, 6.07) is 13.9. The molecule has 2 aromatic carbocycles. The number of rotatable bonds is 5. The summed E-state index contributed by atoms with van der Waals surface area (Å²) >= 11 is 0. The highest BCUT2D eigenvalue weighted by atomic mass is 16.6. The van der Waals surface area contributed by atoms with Crippen molar-refractivity contribution in [3.63, 3.8) is 0 Å². The average Bonchev–Trinajstić information content (AvgIpc) is 2.52. The number of anilines is 1. The Morgan fingerprint density at radius 3 is 2.76 bits per heavy atom. The Labute approximate surface area is 121 Å². The molecule has 0 atom stereocenters. The van der Waals surface area contributed by atoms with Crippen molar-refractivity contribution in [2.75, 3.05) is 12.4 Å². The Kier molecular flexibility index (Phi) is 4.36. The van der Waals surface area contributed by atoms with E-state index in [4.69, 9.17) is 10.00 Å². The summed E-state index contributed by atoms with van der Waals surface area (Å²) in [5.74, 6) is 0.223. The molecule has 0 bridgehead atoms. The van der Waals surface area contributed by atoms with Gasteiger partial charge in [0.2, 0.25) is 0 Å². The van der Waals surface area contributed by atoms with E-state index in [9.17, 15) is 10.1 Å². The van der Waals surface area contributed by atoms with Gasteiger partial charge in [-0.05, 0) is 23.8 Å². The van der Waals surface area contributed by atoms with Gasteiger partial charge < -0.3 is 10.1 Å². The van der Waals surface area contributed by atoms with Crippen molar-refractivity contribution in [1.82, 2.24) is 0 Å². The molecule has 6 nitrogen and oxygen atoms in total. The first-order chi connectivity index (χ1) is 10.2. The Morgan fingerprint density at radius 2 is 2.10 bits per heavy atom. The van der Waals surface area contributed by atoms with E-state index >= 15 is 0 Å². The van der Waals surface area contributed by atoms with Gasteiger partial charge in [-0.2, -0.15) is 5.26 Å². The van der Waals surface area contributed by atoms with E-state index in [-0.39, 0.29) is 11.4 Å². The summed E-state index contributed by atoms with van der Waals surface area (Å²) < 4.78 is 4.96. The van der Waals surface area contributed by atoms with Crippen LogP contribution in [0.4, 0.5) is 11.4 Å². The van der Waals surface area contributed by atoms with E-state index in [0.29, 0.717) is 17.8 Å². The molecule has 0 aliphatic heterocycles. The van der Waals surface area contributed by atoms with Crippen molar-refractivity contribution in [1.29, 1.82) is 5.26 Å². The SMILES string of the molecule is COc1ccc(CNc2ccccc2C#N)cc1[N+](=O)[O-]. The first-order valence-corrected chi connectivity index (χ1v) is 6.20. The minimum absolute atomic E-state index is 0.0784. The molecule has 0 saturated heterocycles. The van der Waals surface area contributed by atoms with Crippen LogP contribution in [-0.2, 0) is 6.54 Å². The van der Waals surface area contributed by atoms with Crippen LogP contribution < -0.4 is 10.1 Å². The fourth-order valence-corrected chi connectivity index (χ4v) is 1.92. The van der Waals surface area contributed by atoms with Gasteiger partial charge in [-0.3, -0.25) is 10.1 Å². The zero-order valence-corrected chi connectivity index (χ0v) is 11.4. The third-order valence-electron chi connectivity index (χ3n) is 2.97. The van der Waals surface area contributed by atoms with Crippen LogP contribution in [0.1, 0.15) is 11.1 Å². The van der Waals surface area contributed by atoms with E-state index in [2.05, 4.69) is 11.4 Å². The van der Waals surface area contributed by atoms with Crippen LogP contribution in [0.2, 0.25) is 0 Å². The Bertz CT molecular complexity index is 708. The third-order valence-corrected chi connectivity index (χ3v) is 2.97. The molecule has 0 aliphatic carbocycles. The molecule has 21 heavy (non-hydrogen) atoms. The smallest absolute Gasteiger partial charge is 0.311 e. The number of para-hydroxylation sites is 1. The molecule has 0 aromatic heterocycles. The van der Waals surface area contributed by atoms with Crippen molar-refractivity contribution in [2.45, 2.75) is 6.54 Å². The second-order valence-electron chi connectivity index (χ2n) is 4.27. The second-order valence-corrected chi connectivity index (χ2v) is 4.27. The van der Waals surface area contributed by atoms with Crippen molar-refractivity contribution in [3.8, 4) is 11.8 Å². The van der Waals surface area contributed by atoms with E-state index in [1.807, 2.05) is 6.07 Å². The van der Waals surface area contributed by atoms with Crippen LogP contribution in [0.5, 0.6) is 5.75 Å². The Morgan fingerprint density at radius 1 is 1.33 bits per heavy atom. The molecule has 0 aliphatic rings. The molecule has 0 amide bonds. The number of hydrogen-bond donors (Lipinski definition) is 1. The fourth-order valence-electron chi connectivity index (χ4n) is 1.92. The number of ether oxygens (including phenoxy) is 1. The second kappa shape index (κ2) is 6.39. The summed E-state index contributed by atoms with van der Waals surface area (Å²) in [5, 5.41) is 23.1. The van der Waals surface area contributed by atoms with Crippen molar-refractivity contribution in [2.24, 2.45) is 0 Å². The predicted molar refractivity (Wildman–Crippen MR) is 78.1 cm³/mol. The Balaban J connectivity index is 2.19. The highest BCUT2D eigenvalue weighted by molar-refractivity contribution is 5.57. The molecule has 0 fully saturated rings. The number of methoxy groups -OCH3 is 1. The van der Waals surface area contributed by atoms with Gasteiger partial charge in [0.25, 0.3) is 0 Å². The van der Waals surface area contributed by atoms with E-state index in [0.717, 1.165) is 5.56 Å². The van der Waals surface area contributed by atoms with Gasteiger partial charge in [-0.15, -0.1) is 0 Å². The Hall–Kier alpha value is -3.07. The van der Waals surface area contributed by atoms with Crippen LogP contribution in [-0.4, -0.2) is 12.0 Å². The van der Waals surface area contributed by atoms with Gasteiger partial charge in [-0.25, -0.2) is 0 Å². The number of nitro groups is 1. The number of nitro benzene ring substituents is 1. The first-order valence-electron chi connectivity index (χ1n) is 6.20. The lowest BCUT2D eigenvalue weighted by atomic mass is 10.1. The maximum absolute atomic E-state index is 11.0. The van der Waals surface area contributed by atoms with E-state index < -0.39 is 4.92 Å². The number of hydrogen-bond acceptors (Lipinski definition) is 5. The summed E-state index contributed by atoms with van der Waals surface area (Å²) in [6.07, 6.45) is 0. The number of benzene rings is 2. The molecule has 0 radical (unpaired) electrons. The highest BCUT2D eigenvalue weighted by Crippen LogP contribution is 2.28. The summed E-state index contributed by atoms with van der Waals surface area (Å²) in [5.41, 5.74) is 1.87. The fraction of sp³-hybridized carbons (Fsp3) is 0.133. The number of nitrogens with one attached hydrogen (secondary N) is 1. The lowest BCUT2D eigenvalue weighted by Gasteiger charge is -2.09. The average molecular weight is 283 g/mol. The molecule has 2 rings (SSSR count). The molecule has 6 heteroatoms. The molecular weight excluding hydrogens is 270 g/mol. The van der Waals surface area contributed by atoms with Gasteiger partial charge in [0.15, 0.2) is 5.75 Å². The van der Waals surface area contributed by atoms with Gasteiger partial charge in [0.1, 0.15) is 6.07 Å². The van der Waals surface area contributed by atoms with Crippen LogP contribution >= 0.6 is 0 Å². The van der Waals surface area contributed by atoms with Gasteiger partial charge >= 0.3 is 5.69 Å². The lowest BCUT2D eigenvalue weighted by molar-refractivity contribution is -0.385. The molecular formula is C15H13N3O3. The van der Waals surface area contributed by atoms with Crippen LogP contribution in [0.25, 0.3) is 0 Å². The zero-order chi connectivity index (χ0) is 15.2. The monoisotopic (exact) mass is 283 g/mol. The summed E-state index contributed by atoms with van der Waals surface area (Å²) in [6.45, 7) is 0.378. The molecule has 0 spiro atoms.